The standard InChI is InChI=1S/C16H20O4/c1-11-5-3-4-6-12(11)10-20-15-9-13(19-2)7-8-14(15)16(17)18/h3-4,7-9,11-12H,5-6,10H2,1-2H3,(H,17,18). The van der Waals surface area contributed by atoms with Crippen molar-refractivity contribution in [3.05, 3.63) is 35.9 Å². The van der Waals surface area contributed by atoms with Crippen LogP contribution in [0.1, 0.15) is 30.1 Å². The molecule has 0 radical (unpaired) electrons. The number of hydrogen-bond acceptors (Lipinski definition) is 3. The number of carboxylic acids is 1. The summed E-state index contributed by atoms with van der Waals surface area (Å²) < 4.78 is 10.9. The second kappa shape index (κ2) is 6.46. The predicted octanol–water partition coefficient (Wildman–Crippen LogP) is 3.37. The summed E-state index contributed by atoms with van der Waals surface area (Å²) in [5.74, 6) is 0.964. The van der Waals surface area contributed by atoms with Crippen LogP contribution in [0, 0.1) is 11.8 Å². The van der Waals surface area contributed by atoms with E-state index >= 15 is 0 Å². The van der Waals surface area contributed by atoms with Crippen molar-refractivity contribution >= 4 is 5.97 Å². The Hall–Kier alpha value is -1.97. The Bertz CT molecular complexity index is 507. The molecule has 0 fully saturated rings. The number of carbonyl (C=O) groups is 1. The molecule has 0 aliphatic heterocycles. The van der Waals surface area contributed by atoms with Crippen LogP contribution in [0.4, 0.5) is 0 Å². The number of aromatic carboxylic acids is 1. The minimum atomic E-state index is -0.987. The number of allylic oxidation sites excluding steroid dienone is 2. The second-order valence-electron chi connectivity index (χ2n) is 5.16. The van der Waals surface area contributed by atoms with Gasteiger partial charge in [-0.05, 0) is 36.8 Å². The maximum atomic E-state index is 11.2. The summed E-state index contributed by atoms with van der Waals surface area (Å²) in [5.41, 5.74) is 0.171. The Labute approximate surface area is 119 Å². The Balaban J connectivity index is 2.11. The quantitative estimate of drug-likeness (QED) is 0.838. The van der Waals surface area contributed by atoms with Crippen LogP contribution in [0.2, 0.25) is 0 Å². The Morgan fingerprint density at radius 2 is 2.10 bits per heavy atom. The van der Waals surface area contributed by atoms with E-state index in [1.165, 1.54) is 6.07 Å². The lowest BCUT2D eigenvalue weighted by Gasteiger charge is -2.25. The van der Waals surface area contributed by atoms with Crippen molar-refractivity contribution in [2.24, 2.45) is 11.8 Å². The fourth-order valence-electron chi connectivity index (χ4n) is 2.36. The van der Waals surface area contributed by atoms with E-state index in [0.29, 0.717) is 29.9 Å². The zero-order valence-corrected chi connectivity index (χ0v) is 11.8. The Kier molecular flexibility index (Phi) is 4.66. The normalized spacial score (nSPS) is 21.5. The van der Waals surface area contributed by atoms with Crippen molar-refractivity contribution in [2.75, 3.05) is 13.7 Å². The molecule has 4 heteroatoms. The molecule has 1 aliphatic carbocycles. The molecular weight excluding hydrogens is 256 g/mol. The summed E-state index contributed by atoms with van der Waals surface area (Å²) in [6.07, 6.45) is 6.39. The van der Waals surface area contributed by atoms with Gasteiger partial charge in [-0.1, -0.05) is 19.1 Å². The first-order valence-corrected chi connectivity index (χ1v) is 6.81. The third-order valence-corrected chi connectivity index (χ3v) is 3.79. The monoisotopic (exact) mass is 276 g/mol. The lowest BCUT2D eigenvalue weighted by atomic mass is 9.85. The Morgan fingerprint density at radius 1 is 1.35 bits per heavy atom. The fraction of sp³-hybridized carbons (Fsp3) is 0.438. The molecule has 0 heterocycles. The van der Waals surface area contributed by atoms with Crippen molar-refractivity contribution < 1.29 is 19.4 Å². The summed E-state index contributed by atoms with van der Waals surface area (Å²) in [4.78, 5) is 11.2. The molecule has 0 spiro atoms. The largest absolute Gasteiger partial charge is 0.497 e. The van der Waals surface area contributed by atoms with Crippen LogP contribution in [0.25, 0.3) is 0 Å². The van der Waals surface area contributed by atoms with E-state index in [0.717, 1.165) is 12.8 Å². The molecule has 0 aromatic heterocycles. The highest BCUT2D eigenvalue weighted by Crippen LogP contribution is 2.29. The molecule has 1 N–H and O–H groups in total. The van der Waals surface area contributed by atoms with Crippen LogP contribution in [-0.4, -0.2) is 24.8 Å². The highest BCUT2D eigenvalue weighted by Gasteiger charge is 2.20. The molecule has 1 aromatic rings. The molecule has 0 saturated heterocycles. The third-order valence-electron chi connectivity index (χ3n) is 3.79. The van der Waals surface area contributed by atoms with Gasteiger partial charge in [-0.3, -0.25) is 0 Å². The van der Waals surface area contributed by atoms with Crippen molar-refractivity contribution in [3.8, 4) is 11.5 Å². The number of benzene rings is 1. The van der Waals surface area contributed by atoms with E-state index in [9.17, 15) is 9.90 Å². The topological polar surface area (TPSA) is 55.8 Å². The van der Waals surface area contributed by atoms with Crippen molar-refractivity contribution in [1.29, 1.82) is 0 Å². The number of carboxylic acid groups (broad SMARTS) is 1. The van der Waals surface area contributed by atoms with Crippen molar-refractivity contribution in [2.45, 2.75) is 19.8 Å². The van der Waals surface area contributed by atoms with Crippen LogP contribution in [0.5, 0.6) is 11.5 Å². The molecule has 0 bridgehead atoms. The van der Waals surface area contributed by atoms with Gasteiger partial charge in [0.1, 0.15) is 17.1 Å². The first-order chi connectivity index (χ1) is 9.61. The molecule has 1 aliphatic rings. The van der Waals surface area contributed by atoms with Crippen LogP contribution in [0.3, 0.4) is 0 Å². The van der Waals surface area contributed by atoms with E-state index in [-0.39, 0.29) is 5.56 Å². The number of rotatable bonds is 5. The minimum Gasteiger partial charge on any atom is -0.497 e. The SMILES string of the molecule is COc1ccc(C(=O)O)c(OCC2CC=CCC2C)c1. The molecule has 0 saturated carbocycles. The summed E-state index contributed by atoms with van der Waals surface area (Å²) in [6.45, 7) is 2.72. The highest BCUT2D eigenvalue weighted by molar-refractivity contribution is 5.91. The molecule has 2 unspecified atom stereocenters. The lowest BCUT2D eigenvalue weighted by molar-refractivity contribution is 0.0690. The fourth-order valence-corrected chi connectivity index (χ4v) is 2.36. The van der Waals surface area contributed by atoms with Crippen molar-refractivity contribution in [1.82, 2.24) is 0 Å². The molecule has 0 amide bonds. The molecule has 2 rings (SSSR count). The summed E-state index contributed by atoms with van der Waals surface area (Å²) in [6, 6.07) is 4.77. The van der Waals surface area contributed by atoms with E-state index in [1.807, 2.05) is 0 Å². The van der Waals surface area contributed by atoms with Crippen LogP contribution in [-0.2, 0) is 0 Å². The maximum absolute atomic E-state index is 11.2. The zero-order valence-electron chi connectivity index (χ0n) is 11.8. The number of ether oxygens (including phenoxy) is 2. The van der Waals surface area contributed by atoms with E-state index in [4.69, 9.17) is 9.47 Å². The molecule has 108 valence electrons. The molecular formula is C16H20O4. The highest BCUT2D eigenvalue weighted by atomic mass is 16.5. The molecule has 2 atom stereocenters. The van der Waals surface area contributed by atoms with Gasteiger partial charge in [0.2, 0.25) is 0 Å². The van der Waals surface area contributed by atoms with Crippen molar-refractivity contribution in [3.63, 3.8) is 0 Å². The maximum Gasteiger partial charge on any atom is 0.339 e. The first kappa shape index (κ1) is 14.4. The average molecular weight is 276 g/mol. The van der Waals surface area contributed by atoms with Gasteiger partial charge < -0.3 is 14.6 Å². The summed E-state index contributed by atoms with van der Waals surface area (Å²) in [7, 11) is 1.55. The number of methoxy groups -OCH3 is 1. The van der Waals surface area contributed by atoms with E-state index in [1.54, 1.807) is 19.2 Å². The van der Waals surface area contributed by atoms with E-state index < -0.39 is 5.97 Å². The first-order valence-electron chi connectivity index (χ1n) is 6.81. The van der Waals surface area contributed by atoms with Gasteiger partial charge in [-0.15, -0.1) is 0 Å². The number of hydrogen-bond donors (Lipinski definition) is 1. The summed E-state index contributed by atoms with van der Waals surface area (Å²) >= 11 is 0. The Morgan fingerprint density at radius 3 is 2.75 bits per heavy atom. The zero-order chi connectivity index (χ0) is 14.5. The van der Waals surface area contributed by atoms with Crippen LogP contribution in [0.15, 0.2) is 30.4 Å². The van der Waals surface area contributed by atoms with Crippen LogP contribution < -0.4 is 9.47 Å². The summed E-state index contributed by atoms with van der Waals surface area (Å²) in [5, 5.41) is 9.19. The minimum absolute atomic E-state index is 0.171. The molecule has 1 aromatic carbocycles. The van der Waals surface area contributed by atoms with Gasteiger partial charge in [0, 0.05) is 6.07 Å². The van der Waals surface area contributed by atoms with Crippen LogP contribution >= 0.6 is 0 Å². The second-order valence-corrected chi connectivity index (χ2v) is 5.16. The third kappa shape index (κ3) is 3.32. The molecule has 4 nitrogen and oxygen atoms in total. The smallest absolute Gasteiger partial charge is 0.339 e. The molecule has 20 heavy (non-hydrogen) atoms. The van der Waals surface area contributed by atoms with E-state index in [2.05, 4.69) is 19.1 Å². The van der Waals surface area contributed by atoms with Gasteiger partial charge >= 0.3 is 5.97 Å². The van der Waals surface area contributed by atoms with Gasteiger partial charge in [0.05, 0.1) is 13.7 Å². The predicted molar refractivity (Wildman–Crippen MR) is 76.5 cm³/mol. The van der Waals surface area contributed by atoms with Gasteiger partial charge in [-0.2, -0.15) is 0 Å². The lowest BCUT2D eigenvalue weighted by Crippen LogP contribution is -2.21. The van der Waals surface area contributed by atoms with Gasteiger partial charge in [0.25, 0.3) is 0 Å². The van der Waals surface area contributed by atoms with Gasteiger partial charge in [-0.25, -0.2) is 4.79 Å². The average Bonchev–Trinajstić information content (AvgIpc) is 2.46. The van der Waals surface area contributed by atoms with Gasteiger partial charge in [0.15, 0.2) is 0 Å².